The van der Waals surface area contributed by atoms with Crippen molar-refractivity contribution < 1.29 is 19.2 Å². The van der Waals surface area contributed by atoms with Crippen LogP contribution in [0.1, 0.15) is 57.1 Å². The monoisotopic (exact) mass is 442 g/mol. The fourth-order valence-electron chi connectivity index (χ4n) is 4.47. The van der Waals surface area contributed by atoms with Crippen LogP contribution in [0.4, 0.5) is 0 Å². The number of nitrogens with one attached hydrogen (secondary N) is 1. The summed E-state index contributed by atoms with van der Waals surface area (Å²) in [6, 6.07) is 9.26. The molecule has 0 spiro atoms. The Balaban J connectivity index is 1.65. The van der Waals surface area contributed by atoms with E-state index in [9.17, 15) is 19.2 Å². The molecule has 0 saturated carbocycles. The molecule has 0 radical (unpaired) electrons. The third-order valence-electron chi connectivity index (χ3n) is 6.24. The first-order valence-corrected chi connectivity index (χ1v) is 11.6. The van der Waals surface area contributed by atoms with Gasteiger partial charge in [0.25, 0.3) is 0 Å². The summed E-state index contributed by atoms with van der Waals surface area (Å²) in [6.07, 6.45) is 3.57. The molecule has 1 atom stereocenters. The van der Waals surface area contributed by atoms with Crippen molar-refractivity contribution in [2.45, 2.75) is 51.5 Å². The molecule has 1 aromatic carbocycles. The van der Waals surface area contributed by atoms with Crippen LogP contribution < -0.4 is 5.32 Å². The van der Waals surface area contributed by atoms with Crippen LogP contribution in [0.25, 0.3) is 0 Å². The molecule has 2 aliphatic heterocycles. The van der Waals surface area contributed by atoms with Crippen LogP contribution in [0.5, 0.6) is 0 Å². The number of carbonyl (C=O) groups excluding carboxylic acids is 4. The SMILES string of the molecule is CC(=O)N1CCCN(C(=O)CCN2CCCCC2=O)CCNC(=O)CC1c1ccccc1. The van der Waals surface area contributed by atoms with Gasteiger partial charge in [0.05, 0.1) is 12.5 Å². The minimum absolute atomic E-state index is 0.0224. The highest BCUT2D eigenvalue weighted by molar-refractivity contribution is 5.80. The lowest BCUT2D eigenvalue weighted by Crippen LogP contribution is -2.42. The predicted molar refractivity (Wildman–Crippen MR) is 120 cm³/mol. The quantitative estimate of drug-likeness (QED) is 0.769. The van der Waals surface area contributed by atoms with Crippen molar-refractivity contribution in [1.82, 2.24) is 20.0 Å². The molecule has 8 nitrogen and oxygen atoms in total. The number of likely N-dealkylation sites (tertiary alicyclic amines) is 1. The Morgan fingerprint density at radius 1 is 1.00 bits per heavy atom. The number of rotatable bonds is 4. The van der Waals surface area contributed by atoms with Crippen molar-refractivity contribution in [2.75, 3.05) is 39.3 Å². The normalized spacial score (nSPS) is 21.0. The Morgan fingerprint density at radius 3 is 2.50 bits per heavy atom. The molecular weight excluding hydrogens is 408 g/mol. The van der Waals surface area contributed by atoms with Gasteiger partial charge in [-0.3, -0.25) is 19.2 Å². The number of hydrogen-bond acceptors (Lipinski definition) is 4. The second kappa shape index (κ2) is 11.6. The van der Waals surface area contributed by atoms with E-state index in [1.54, 1.807) is 14.7 Å². The summed E-state index contributed by atoms with van der Waals surface area (Å²) < 4.78 is 0. The summed E-state index contributed by atoms with van der Waals surface area (Å²) in [5.74, 6) is -0.130. The van der Waals surface area contributed by atoms with Crippen LogP contribution >= 0.6 is 0 Å². The number of nitrogens with zero attached hydrogens (tertiary/aromatic N) is 3. The Hall–Kier alpha value is -2.90. The Labute approximate surface area is 189 Å². The Morgan fingerprint density at radius 2 is 1.78 bits per heavy atom. The van der Waals surface area contributed by atoms with Gasteiger partial charge in [-0.25, -0.2) is 0 Å². The van der Waals surface area contributed by atoms with Crippen molar-refractivity contribution in [3.8, 4) is 0 Å². The Kier molecular flexibility index (Phi) is 8.64. The van der Waals surface area contributed by atoms with Gasteiger partial charge in [0, 0.05) is 59.0 Å². The molecule has 2 saturated heterocycles. The summed E-state index contributed by atoms with van der Waals surface area (Å²) in [7, 11) is 0. The Bertz CT molecular complexity index is 813. The number of amides is 4. The lowest BCUT2D eigenvalue weighted by Gasteiger charge is -2.31. The van der Waals surface area contributed by atoms with Crippen molar-refractivity contribution >= 4 is 23.6 Å². The average molecular weight is 443 g/mol. The molecular formula is C24H34N4O4. The fourth-order valence-corrected chi connectivity index (χ4v) is 4.47. The van der Waals surface area contributed by atoms with Crippen LogP contribution in [0.3, 0.4) is 0 Å². The van der Waals surface area contributed by atoms with Gasteiger partial charge in [0.2, 0.25) is 23.6 Å². The molecule has 0 aromatic heterocycles. The van der Waals surface area contributed by atoms with Crippen molar-refractivity contribution in [3.63, 3.8) is 0 Å². The van der Waals surface area contributed by atoms with E-state index in [0.29, 0.717) is 45.6 Å². The molecule has 174 valence electrons. The van der Waals surface area contributed by atoms with Gasteiger partial charge in [0.15, 0.2) is 0 Å². The number of piperidine rings is 1. The molecule has 3 rings (SSSR count). The zero-order valence-electron chi connectivity index (χ0n) is 18.9. The van der Waals surface area contributed by atoms with E-state index < -0.39 is 0 Å². The molecule has 8 heteroatoms. The maximum atomic E-state index is 12.9. The number of benzene rings is 1. The minimum atomic E-state index is -0.332. The summed E-state index contributed by atoms with van der Waals surface area (Å²) >= 11 is 0. The van der Waals surface area contributed by atoms with Gasteiger partial charge >= 0.3 is 0 Å². The van der Waals surface area contributed by atoms with Crippen LogP contribution in [-0.4, -0.2) is 77.6 Å². The summed E-state index contributed by atoms with van der Waals surface area (Å²) in [5.41, 5.74) is 0.927. The maximum absolute atomic E-state index is 12.9. The molecule has 32 heavy (non-hydrogen) atoms. The van der Waals surface area contributed by atoms with Crippen LogP contribution in [0.15, 0.2) is 30.3 Å². The standard InChI is InChI=1S/C24H34N4O4/c1-19(29)28-15-7-14-27(24(32)11-16-26-13-6-5-10-23(26)31)17-12-25-22(30)18-21(28)20-8-3-2-4-9-20/h2-4,8-9,21H,5-7,10-18H2,1H3,(H,25,30). The molecule has 0 aliphatic carbocycles. The molecule has 2 heterocycles. The van der Waals surface area contributed by atoms with E-state index in [1.165, 1.54) is 6.92 Å². The fraction of sp³-hybridized carbons (Fsp3) is 0.583. The summed E-state index contributed by atoms with van der Waals surface area (Å²) in [5, 5.41) is 2.90. The molecule has 0 bridgehead atoms. The van der Waals surface area contributed by atoms with E-state index in [0.717, 1.165) is 24.9 Å². The first kappa shape index (κ1) is 23.8. The minimum Gasteiger partial charge on any atom is -0.354 e. The average Bonchev–Trinajstić information content (AvgIpc) is 2.82. The van der Waals surface area contributed by atoms with E-state index in [4.69, 9.17) is 0 Å². The maximum Gasteiger partial charge on any atom is 0.224 e. The molecule has 1 N–H and O–H groups in total. The molecule has 1 aromatic rings. The lowest BCUT2D eigenvalue weighted by molar-refractivity contribution is -0.136. The number of hydrogen-bond donors (Lipinski definition) is 1. The van der Waals surface area contributed by atoms with E-state index in [1.807, 2.05) is 30.3 Å². The number of carbonyl (C=O) groups is 4. The van der Waals surface area contributed by atoms with E-state index in [2.05, 4.69) is 5.32 Å². The van der Waals surface area contributed by atoms with Gasteiger partial charge in [-0.15, -0.1) is 0 Å². The van der Waals surface area contributed by atoms with E-state index >= 15 is 0 Å². The lowest BCUT2D eigenvalue weighted by atomic mass is 10.0. The smallest absolute Gasteiger partial charge is 0.224 e. The highest BCUT2D eigenvalue weighted by Gasteiger charge is 2.27. The summed E-state index contributed by atoms with van der Waals surface area (Å²) in [6.45, 7) is 4.45. The second-order valence-corrected chi connectivity index (χ2v) is 8.52. The highest BCUT2D eigenvalue weighted by Crippen LogP contribution is 2.25. The van der Waals surface area contributed by atoms with Gasteiger partial charge in [-0.1, -0.05) is 30.3 Å². The first-order chi connectivity index (χ1) is 15.5. The van der Waals surface area contributed by atoms with Crippen LogP contribution in [-0.2, 0) is 19.2 Å². The topological polar surface area (TPSA) is 90.0 Å². The van der Waals surface area contributed by atoms with Crippen molar-refractivity contribution in [1.29, 1.82) is 0 Å². The first-order valence-electron chi connectivity index (χ1n) is 11.6. The van der Waals surface area contributed by atoms with E-state index in [-0.39, 0.29) is 42.5 Å². The van der Waals surface area contributed by atoms with Gasteiger partial charge in [-0.05, 0) is 24.8 Å². The third kappa shape index (κ3) is 6.55. The highest BCUT2D eigenvalue weighted by atomic mass is 16.2. The van der Waals surface area contributed by atoms with Gasteiger partial charge in [-0.2, -0.15) is 0 Å². The van der Waals surface area contributed by atoms with Gasteiger partial charge in [0.1, 0.15) is 0 Å². The van der Waals surface area contributed by atoms with Crippen LogP contribution in [0.2, 0.25) is 0 Å². The molecule has 4 amide bonds. The largest absolute Gasteiger partial charge is 0.354 e. The summed E-state index contributed by atoms with van der Waals surface area (Å²) in [4.78, 5) is 55.2. The zero-order chi connectivity index (χ0) is 22.9. The molecule has 1 unspecified atom stereocenters. The molecule has 2 fully saturated rings. The molecule has 2 aliphatic rings. The van der Waals surface area contributed by atoms with Crippen LogP contribution in [0, 0.1) is 0 Å². The predicted octanol–water partition coefficient (Wildman–Crippen LogP) is 1.72. The third-order valence-corrected chi connectivity index (χ3v) is 6.24. The second-order valence-electron chi connectivity index (χ2n) is 8.52. The zero-order valence-corrected chi connectivity index (χ0v) is 18.9. The van der Waals surface area contributed by atoms with Crippen molar-refractivity contribution in [2.24, 2.45) is 0 Å². The van der Waals surface area contributed by atoms with Gasteiger partial charge < -0.3 is 20.0 Å². The van der Waals surface area contributed by atoms with Crippen molar-refractivity contribution in [3.05, 3.63) is 35.9 Å².